The van der Waals surface area contributed by atoms with Crippen LogP contribution in [0.2, 0.25) is 0 Å². The van der Waals surface area contributed by atoms with Crippen molar-refractivity contribution in [3.63, 3.8) is 0 Å². The van der Waals surface area contributed by atoms with Crippen molar-refractivity contribution in [1.82, 2.24) is 18.9 Å². The third-order valence-corrected chi connectivity index (χ3v) is 9.13. The van der Waals surface area contributed by atoms with Crippen molar-refractivity contribution in [2.24, 2.45) is 7.05 Å². The fourth-order valence-corrected chi connectivity index (χ4v) is 6.86. The fourth-order valence-electron chi connectivity index (χ4n) is 6.86. The van der Waals surface area contributed by atoms with Crippen LogP contribution in [-0.4, -0.2) is 65.3 Å². The van der Waals surface area contributed by atoms with E-state index < -0.39 is 5.54 Å². The van der Waals surface area contributed by atoms with Gasteiger partial charge in [0.1, 0.15) is 18.2 Å². The van der Waals surface area contributed by atoms with Crippen LogP contribution in [-0.2, 0) is 19.1 Å². The van der Waals surface area contributed by atoms with Crippen LogP contribution in [0, 0.1) is 5.82 Å². The molecule has 1 aromatic carbocycles. The molecule has 0 aliphatic carbocycles. The number of allylic oxidation sites excluding steroid dienone is 2. The first-order valence-corrected chi connectivity index (χ1v) is 14.5. The number of hydrogen-bond donors (Lipinski definition) is 0. The molecule has 0 bridgehead atoms. The predicted molar refractivity (Wildman–Crippen MR) is 155 cm³/mol. The maximum atomic E-state index is 16.0. The van der Waals surface area contributed by atoms with E-state index in [9.17, 15) is 4.79 Å². The average molecular weight is 536 g/mol. The van der Waals surface area contributed by atoms with Gasteiger partial charge in [0.05, 0.1) is 40.3 Å². The topological polar surface area (TPSA) is 45.9 Å². The standard InChI is InChI=1S/C31H42FN5O2/c1-31(2)20-39-29-26(21-12-13-22(33(3)18-21)11-7-10-16-36-14-8-6-9-15-36)23(32)17-24-27(29)28-25(19-34(24)4)35(5)30(38)37(28)31/h12-13,17-18,22H,6-11,14-16,19-20H2,1-5H3. The second-order valence-electron chi connectivity index (χ2n) is 12.5. The minimum absolute atomic E-state index is 0.0618. The highest BCUT2D eigenvalue weighted by molar-refractivity contribution is 5.93. The first kappa shape index (κ1) is 26.2. The molecule has 6 rings (SSSR count). The number of nitrogens with zero attached hydrogens (tertiary/aromatic N) is 5. The Balaban J connectivity index is 1.30. The summed E-state index contributed by atoms with van der Waals surface area (Å²) < 4.78 is 26.0. The van der Waals surface area contributed by atoms with Gasteiger partial charge >= 0.3 is 5.69 Å². The zero-order valence-corrected chi connectivity index (χ0v) is 24.1. The van der Waals surface area contributed by atoms with Crippen LogP contribution in [0.5, 0.6) is 5.75 Å². The molecular weight excluding hydrogens is 493 g/mol. The van der Waals surface area contributed by atoms with Gasteiger partial charge in [0.25, 0.3) is 0 Å². The normalized spacial score (nSPS) is 21.9. The van der Waals surface area contributed by atoms with Gasteiger partial charge in [0.15, 0.2) is 0 Å². The van der Waals surface area contributed by atoms with Crippen molar-refractivity contribution in [2.45, 2.75) is 70.5 Å². The second-order valence-corrected chi connectivity index (χ2v) is 12.5. The highest BCUT2D eigenvalue weighted by Crippen LogP contribution is 2.51. The van der Waals surface area contributed by atoms with Crippen molar-refractivity contribution >= 4 is 11.3 Å². The molecule has 5 heterocycles. The third kappa shape index (κ3) is 4.41. The minimum Gasteiger partial charge on any atom is -0.490 e. The molecule has 4 aliphatic rings. The van der Waals surface area contributed by atoms with Gasteiger partial charge in [-0.2, -0.15) is 0 Å². The summed E-state index contributed by atoms with van der Waals surface area (Å²) in [6.07, 6.45) is 13.9. The van der Waals surface area contributed by atoms with E-state index in [0.717, 1.165) is 34.6 Å². The predicted octanol–water partition coefficient (Wildman–Crippen LogP) is 4.94. The Morgan fingerprint density at radius 2 is 1.85 bits per heavy atom. The summed E-state index contributed by atoms with van der Waals surface area (Å²) in [7, 11) is 5.85. The number of aromatic nitrogens is 2. The second kappa shape index (κ2) is 9.88. The van der Waals surface area contributed by atoms with Crippen LogP contribution in [0.1, 0.15) is 63.6 Å². The molecule has 1 fully saturated rings. The molecule has 0 N–H and O–H groups in total. The number of imidazole rings is 1. The lowest BCUT2D eigenvalue weighted by Gasteiger charge is -2.32. The zero-order valence-electron chi connectivity index (χ0n) is 24.1. The van der Waals surface area contributed by atoms with Crippen molar-refractivity contribution in [3.05, 3.63) is 52.0 Å². The SMILES string of the molecule is CN1Cc2c3n(c(=O)n2C)C(C)(C)COc2c(C4=CN(C)C(CCCCN5CCCCC5)C=C4)c(F)cc1c2-3. The Bertz CT molecular complexity index is 1390. The molecule has 1 atom stereocenters. The lowest BCUT2D eigenvalue weighted by molar-refractivity contribution is 0.187. The number of likely N-dealkylation sites (tertiary alicyclic amines) is 1. The Morgan fingerprint density at radius 1 is 1.08 bits per heavy atom. The lowest BCUT2D eigenvalue weighted by atomic mass is 9.92. The summed E-state index contributed by atoms with van der Waals surface area (Å²) in [6.45, 7) is 8.54. The summed E-state index contributed by atoms with van der Waals surface area (Å²) in [5.74, 6) is 0.236. The van der Waals surface area contributed by atoms with Crippen LogP contribution in [0.4, 0.5) is 10.1 Å². The first-order valence-electron chi connectivity index (χ1n) is 14.5. The molecule has 0 spiro atoms. The van der Waals surface area contributed by atoms with Gasteiger partial charge in [0, 0.05) is 39.0 Å². The van der Waals surface area contributed by atoms with Crippen LogP contribution < -0.4 is 15.3 Å². The van der Waals surface area contributed by atoms with E-state index in [1.165, 1.54) is 51.7 Å². The quantitative estimate of drug-likeness (QED) is 0.491. The maximum absolute atomic E-state index is 16.0. The van der Waals surface area contributed by atoms with Crippen molar-refractivity contribution in [3.8, 4) is 17.0 Å². The van der Waals surface area contributed by atoms with Crippen LogP contribution in [0.3, 0.4) is 0 Å². The molecular formula is C31H42FN5O2. The van der Waals surface area contributed by atoms with E-state index in [0.29, 0.717) is 23.9 Å². The zero-order chi connectivity index (χ0) is 27.5. The van der Waals surface area contributed by atoms with Gasteiger partial charge in [-0.25, -0.2) is 9.18 Å². The third-order valence-electron chi connectivity index (χ3n) is 9.13. The van der Waals surface area contributed by atoms with Crippen LogP contribution in [0.15, 0.2) is 29.2 Å². The molecule has 2 aromatic rings. The van der Waals surface area contributed by atoms with E-state index in [-0.39, 0.29) is 18.1 Å². The number of halogens is 1. The molecule has 8 heteroatoms. The van der Waals surface area contributed by atoms with Crippen LogP contribution in [0.25, 0.3) is 16.8 Å². The molecule has 1 saturated heterocycles. The molecule has 0 saturated carbocycles. The number of rotatable bonds is 6. The molecule has 1 unspecified atom stereocenters. The van der Waals surface area contributed by atoms with E-state index in [2.05, 4.69) is 35.2 Å². The number of unbranched alkanes of at least 4 members (excludes halogenated alkanes) is 1. The van der Waals surface area contributed by atoms with Gasteiger partial charge < -0.3 is 19.4 Å². The molecule has 0 radical (unpaired) electrons. The largest absolute Gasteiger partial charge is 0.490 e. The summed E-state index contributed by atoms with van der Waals surface area (Å²) in [5, 5.41) is 0. The van der Waals surface area contributed by atoms with Crippen molar-refractivity contribution in [2.75, 3.05) is 45.2 Å². The summed E-state index contributed by atoms with van der Waals surface area (Å²) >= 11 is 0. The maximum Gasteiger partial charge on any atom is 0.329 e. The molecule has 1 aromatic heterocycles. The Morgan fingerprint density at radius 3 is 2.59 bits per heavy atom. The number of ether oxygens (including phenoxy) is 1. The van der Waals surface area contributed by atoms with Gasteiger partial charge in [0.2, 0.25) is 0 Å². The highest BCUT2D eigenvalue weighted by atomic mass is 19.1. The number of likely N-dealkylation sites (N-methyl/N-ethyl adjacent to an activating group) is 1. The number of hydrogen-bond acceptors (Lipinski definition) is 5. The summed E-state index contributed by atoms with van der Waals surface area (Å²) in [4.78, 5) is 20.2. The monoisotopic (exact) mass is 535 g/mol. The van der Waals surface area contributed by atoms with Crippen molar-refractivity contribution < 1.29 is 9.13 Å². The minimum atomic E-state index is -0.574. The van der Waals surface area contributed by atoms with Gasteiger partial charge in [-0.05, 0) is 71.7 Å². The average Bonchev–Trinajstić information content (AvgIpc) is 3.09. The molecule has 39 heavy (non-hydrogen) atoms. The lowest BCUT2D eigenvalue weighted by Crippen LogP contribution is -2.40. The molecule has 0 amide bonds. The van der Waals surface area contributed by atoms with E-state index in [1.807, 2.05) is 37.4 Å². The van der Waals surface area contributed by atoms with Crippen molar-refractivity contribution in [1.29, 1.82) is 0 Å². The number of anilines is 1. The smallest absolute Gasteiger partial charge is 0.329 e. The summed E-state index contributed by atoms with van der Waals surface area (Å²) in [6, 6.07) is 1.91. The van der Waals surface area contributed by atoms with E-state index in [4.69, 9.17) is 4.74 Å². The van der Waals surface area contributed by atoms with Gasteiger partial charge in [-0.15, -0.1) is 0 Å². The number of benzene rings is 1. The Kier molecular flexibility index (Phi) is 6.64. The van der Waals surface area contributed by atoms with E-state index >= 15 is 4.39 Å². The van der Waals surface area contributed by atoms with E-state index in [1.54, 1.807) is 10.6 Å². The molecule has 4 aliphatic heterocycles. The fraction of sp³-hybridized carbons (Fsp3) is 0.581. The first-order chi connectivity index (χ1) is 18.7. The molecule has 210 valence electrons. The van der Waals surface area contributed by atoms with Gasteiger partial charge in [-0.3, -0.25) is 9.13 Å². The van der Waals surface area contributed by atoms with Crippen LogP contribution >= 0.6 is 0 Å². The van der Waals surface area contributed by atoms with Gasteiger partial charge in [-0.1, -0.05) is 18.6 Å². The Labute approximate surface area is 231 Å². The summed E-state index contributed by atoms with van der Waals surface area (Å²) in [5.41, 5.74) is 4.00. The highest BCUT2D eigenvalue weighted by Gasteiger charge is 2.41. The Hall–Kier alpha value is -3.00. The molecule has 7 nitrogen and oxygen atoms in total. The number of piperidine rings is 1.